The minimum atomic E-state index is -0.639. The number of carbonyl (C=O) groups is 2. The predicted octanol–water partition coefficient (Wildman–Crippen LogP) is 3.39. The van der Waals surface area contributed by atoms with Crippen LogP contribution in [0, 0.1) is 0 Å². The normalized spacial score (nSPS) is 14.4. The Morgan fingerprint density at radius 1 is 1.07 bits per heavy atom. The molecule has 4 rings (SSSR count). The zero-order valence-corrected chi connectivity index (χ0v) is 15.0. The molecule has 6 nitrogen and oxygen atoms in total. The number of nitrogens with one attached hydrogen (secondary N) is 2. The van der Waals surface area contributed by atoms with Gasteiger partial charge in [0.15, 0.2) is 11.5 Å². The molecule has 0 radical (unpaired) electrons. The molecule has 1 aliphatic heterocycles. The lowest BCUT2D eigenvalue weighted by Gasteiger charge is -2.16. The third-order valence-corrected chi connectivity index (χ3v) is 4.66. The maximum atomic E-state index is 12.6. The number of H-pyrrole nitrogens is 1. The Balaban J connectivity index is 1.50. The number of rotatable bonds is 4. The van der Waals surface area contributed by atoms with E-state index in [9.17, 15) is 9.59 Å². The summed E-state index contributed by atoms with van der Waals surface area (Å²) in [6, 6.07) is 12.6. The van der Waals surface area contributed by atoms with Gasteiger partial charge in [-0.3, -0.25) is 9.59 Å². The summed E-state index contributed by atoms with van der Waals surface area (Å²) in [6.07, 6.45) is 2.40. The van der Waals surface area contributed by atoms with Crippen LogP contribution >= 0.6 is 0 Å². The number of benzene rings is 2. The molecule has 0 fully saturated rings. The van der Waals surface area contributed by atoms with Gasteiger partial charge < -0.3 is 19.8 Å². The molecule has 1 aliphatic rings. The van der Waals surface area contributed by atoms with Gasteiger partial charge in [-0.2, -0.15) is 0 Å². The number of Topliss-reactive ketones (excluding diaryl/α,β-unsaturated/α-hetero) is 1. The Labute approximate surface area is 156 Å². The van der Waals surface area contributed by atoms with Crippen LogP contribution in [0.2, 0.25) is 0 Å². The molecule has 0 bridgehead atoms. The van der Waals surface area contributed by atoms with Crippen LogP contribution in [0.1, 0.15) is 35.3 Å². The molecule has 0 unspecified atom stereocenters. The van der Waals surface area contributed by atoms with Gasteiger partial charge in [0.2, 0.25) is 0 Å². The number of aromatic amines is 1. The van der Waals surface area contributed by atoms with Crippen molar-refractivity contribution in [2.45, 2.75) is 19.4 Å². The van der Waals surface area contributed by atoms with E-state index < -0.39 is 11.7 Å². The predicted molar refractivity (Wildman–Crippen MR) is 101 cm³/mol. The van der Waals surface area contributed by atoms with E-state index in [2.05, 4.69) is 10.3 Å². The molecule has 0 saturated heterocycles. The molecule has 1 atom stereocenters. The monoisotopic (exact) mass is 364 g/mol. The van der Waals surface area contributed by atoms with Crippen molar-refractivity contribution >= 4 is 22.6 Å². The van der Waals surface area contributed by atoms with Crippen molar-refractivity contribution in [2.24, 2.45) is 0 Å². The van der Waals surface area contributed by atoms with E-state index >= 15 is 0 Å². The van der Waals surface area contributed by atoms with Crippen molar-refractivity contribution < 1.29 is 19.1 Å². The highest BCUT2D eigenvalue weighted by Gasteiger charge is 2.22. The summed E-state index contributed by atoms with van der Waals surface area (Å²) in [5, 5.41) is 3.51. The van der Waals surface area contributed by atoms with Crippen molar-refractivity contribution in [1.82, 2.24) is 10.3 Å². The molecular weight excluding hydrogens is 344 g/mol. The first-order valence-corrected chi connectivity index (χ1v) is 8.94. The molecule has 27 heavy (non-hydrogen) atoms. The van der Waals surface area contributed by atoms with E-state index in [0.29, 0.717) is 30.3 Å². The molecule has 138 valence electrons. The third-order valence-electron chi connectivity index (χ3n) is 4.66. The average molecular weight is 364 g/mol. The van der Waals surface area contributed by atoms with Gasteiger partial charge in [0.25, 0.3) is 11.7 Å². The molecule has 0 saturated carbocycles. The van der Waals surface area contributed by atoms with Gasteiger partial charge in [-0.1, -0.05) is 24.3 Å². The van der Waals surface area contributed by atoms with Crippen LogP contribution in [0.4, 0.5) is 0 Å². The minimum absolute atomic E-state index is 0.344. The van der Waals surface area contributed by atoms with E-state index in [4.69, 9.17) is 9.47 Å². The Kier molecular flexibility index (Phi) is 4.54. The number of para-hydroxylation sites is 1. The molecule has 2 aromatic carbocycles. The lowest BCUT2D eigenvalue weighted by atomic mass is 10.1. The summed E-state index contributed by atoms with van der Waals surface area (Å²) >= 11 is 0. The van der Waals surface area contributed by atoms with Crippen molar-refractivity contribution in [1.29, 1.82) is 0 Å². The maximum absolute atomic E-state index is 12.6. The molecule has 0 aliphatic carbocycles. The first kappa shape index (κ1) is 17.1. The maximum Gasteiger partial charge on any atom is 0.292 e. The van der Waals surface area contributed by atoms with Gasteiger partial charge in [0.1, 0.15) is 0 Å². The van der Waals surface area contributed by atoms with Crippen LogP contribution in [0.5, 0.6) is 11.5 Å². The summed E-state index contributed by atoms with van der Waals surface area (Å²) in [4.78, 5) is 28.1. The van der Waals surface area contributed by atoms with E-state index in [0.717, 1.165) is 22.9 Å². The largest absolute Gasteiger partial charge is 0.490 e. The summed E-state index contributed by atoms with van der Waals surface area (Å²) < 4.78 is 11.3. The fourth-order valence-corrected chi connectivity index (χ4v) is 3.18. The van der Waals surface area contributed by atoms with E-state index in [-0.39, 0.29) is 6.04 Å². The first-order valence-electron chi connectivity index (χ1n) is 8.94. The second kappa shape index (κ2) is 7.15. The summed E-state index contributed by atoms with van der Waals surface area (Å²) in [7, 11) is 0. The number of ketones is 1. The fraction of sp³-hybridized carbons (Fsp3) is 0.238. The van der Waals surface area contributed by atoms with Crippen LogP contribution in [0.25, 0.3) is 10.9 Å². The number of carbonyl (C=O) groups excluding carboxylic acids is 2. The van der Waals surface area contributed by atoms with Gasteiger partial charge in [-0.05, 0) is 30.7 Å². The highest BCUT2D eigenvalue weighted by molar-refractivity contribution is 6.45. The van der Waals surface area contributed by atoms with Crippen molar-refractivity contribution in [2.75, 3.05) is 13.2 Å². The van der Waals surface area contributed by atoms with Gasteiger partial charge in [-0.15, -0.1) is 0 Å². The number of fused-ring (bicyclic) bond motifs is 2. The highest BCUT2D eigenvalue weighted by Crippen LogP contribution is 2.32. The molecule has 6 heteroatoms. The first-order chi connectivity index (χ1) is 13.1. The van der Waals surface area contributed by atoms with Gasteiger partial charge in [0.05, 0.1) is 24.8 Å². The van der Waals surface area contributed by atoms with Crippen molar-refractivity contribution in [3.05, 3.63) is 59.8 Å². The standard InChI is InChI=1S/C21H20N2O4/c1-13(14-7-8-18-19(11-14)27-10-4-9-26-18)23-21(25)20(24)16-12-22-17-6-3-2-5-15(16)17/h2-3,5-8,11-13,22H,4,9-10H2,1H3,(H,23,25)/t13-/m0/s1. The van der Waals surface area contributed by atoms with Crippen LogP contribution in [0.15, 0.2) is 48.7 Å². The van der Waals surface area contributed by atoms with Crippen LogP contribution in [-0.4, -0.2) is 29.9 Å². The second-order valence-electron chi connectivity index (χ2n) is 6.53. The molecule has 1 aromatic heterocycles. The Morgan fingerprint density at radius 3 is 2.70 bits per heavy atom. The van der Waals surface area contributed by atoms with E-state index in [1.807, 2.05) is 49.4 Å². The summed E-state index contributed by atoms with van der Waals surface area (Å²) in [6.45, 7) is 3.05. The molecule has 3 aromatic rings. The Bertz CT molecular complexity index is 1010. The molecule has 0 spiro atoms. The topological polar surface area (TPSA) is 80.4 Å². The summed E-state index contributed by atoms with van der Waals surface area (Å²) in [5.74, 6) is 0.159. The zero-order chi connectivity index (χ0) is 18.8. The lowest BCUT2D eigenvalue weighted by molar-refractivity contribution is -0.117. The third kappa shape index (κ3) is 3.38. The van der Waals surface area contributed by atoms with Crippen LogP contribution < -0.4 is 14.8 Å². The van der Waals surface area contributed by atoms with Gasteiger partial charge in [-0.25, -0.2) is 0 Å². The average Bonchev–Trinajstić information content (AvgIpc) is 2.97. The number of hydrogen-bond donors (Lipinski definition) is 2. The van der Waals surface area contributed by atoms with Gasteiger partial charge in [0, 0.05) is 23.5 Å². The number of amides is 1. The molecule has 1 amide bonds. The van der Waals surface area contributed by atoms with Crippen LogP contribution in [0.3, 0.4) is 0 Å². The second-order valence-corrected chi connectivity index (χ2v) is 6.53. The number of ether oxygens (including phenoxy) is 2. The zero-order valence-electron chi connectivity index (χ0n) is 15.0. The SMILES string of the molecule is C[C@H](NC(=O)C(=O)c1c[nH]c2ccccc12)c1ccc2c(c1)OCCCO2. The van der Waals surface area contributed by atoms with Gasteiger partial charge >= 0.3 is 0 Å². The van der Waals surface area contributed by atoms with Crippen molar-refractivity contribution in [3.8, 4) is 11.5 Å². The Morgan fingerprint density at radius 2 is 1.85 bits per heavy atom. The molecule has 2 N–H and O–H groups in total. The minimum Gasteiger partial charge on any atom is -0.490 e. The Hall–Kier alpha value is -3.28. The number of hydrogen-bond acceptors (Lipinski definition) is 4. The van der Waals surface area contributed by atoms with Crippen molar-refractivity contribution in [3.63, 3.8) is 0 Å². The van der Waals surface area contributed by atoms with E-state index in [1.165, 1.54) is 0 Å². The number of aromatic nitrogens is 1. The fourth-order valence-electron chi connectivity index (χ4n) is 3.18. The molecule has 2 heterocycles. The smallest absolute Gasteiger partial charge is 0.292 e. The lowest BCUT2D eigenvalue weighted by Crippen LogP contribution is -2.33. The highest BCUT2D eigenvalue weighted by atomic mass is 16.5. The van der Waals surface area contributed by atoms with Crippen LogP contribution in [-0.2, 0) is 4.79 Å². The quantitative estimate of drug-likeness (QED) is 0.549. The summed E-state index contributed by atoms with van der Waals surface area (Å²) in [5.41, 5.74) is 2.04. The van der Waals surface area contributed by atoms with E-state index in [1.54, 1.807) is 6.20 Å². The molecular formula is C21H20N2O4.